The van der Waals surface area contributed by atoms with Crippen molar-refractivity contribution in [2.24, 2.45) is 5.92 Å². The van der Waals surface area contributed by atoms with Crippen LogP contribution < -0.4 is 4.87 Å². The van der Waals surface area contributed by atoms with Gasteiger partial charge in [0, 0.05) is 17.1 Å². The number of carbonyl (C=O) groups excluding carboxylic acids is 1. The number of hydrogen-bond donors (Lipinski definition) is 0. The summed E-state index contributed by atoms with van der Waals surface area (Å²) in [5.41, 5.74) is 1.48. The van der Waals surface area contributed by atoms with E-state index in [4.69, 9.17) is 11.6 Å². The normalized spacial score (nSPS) is 15.9. The molecular weight excluding hydrogens is 399 g/mol. The van der Waals surface area contributed by atoms with Gasteiger partial charge >= 0.3 is 4.87 Å². The fourth-order valence-electron chi connectivity index (χ4n) is 3.73. The summed E-state index contributed by atoms with van der Waals surface area (Å²) in [6.45, 7) is 2.68. The number of nitrogens with zero attached hydrogens (tertiary/aromatic N) is 2. The van der Waals surface area contributed by atoms with E-state index in [0.717, 1.165) is 36.1 Å². The Hall–Kier alpha value is -2.02. The minimum atomic E-state index is -0.337. The van der Waals surface area contributed by atoms with Crippen LogP contribution >= 0.6 is 22.9 Å². The number of halogens is 2. The number of rotatable bonds is 5. The van der Waals surface area contributed by atoms with E-state index in [1.807, 2.05) is 22.8 Å². The molecule has 0 saturated carbocycles. The molecule has 28 heavy (non-hydrogen) atoms. The van der Waals surface area contributed by atoms with Gasteiger partial charge in [0.25, 0.3) is 0 Å². The van der Waals surface area contributed by atoms with Crippen LogP contribution in [0.4, 0.5) is 4.39 Å². The predicted octanol–water partition coefficient (Wildman–Crippen LogP) is 4.45. The van der Waals surface area contributed by atoms with Crippen molar-refractivity contribution in [1.29, 1.82) is 0 Å². The molecule has 0 radical (unpaired) electrons. The summed E-state index contributed by atoms with van der Waals surface area (Å²) in [7, 11) is 0. The lowest BCUT2D eigenvalue weighted by Crippen LogP contribution is -2.38. The van der Waals surface area contributed by atoms with Crippen LogP contribution in [0.3, 0.4) is 0 Å². The van der Waals surface area contributed by atoms with Crippen LogP contribution in [0.5, 0.6) is 0 Å². The van der Waals surface area contributed by atoms with Gasteiger partial charge in [-0.3, -0.25) is 19.1 Å². The maximum absolute atomic E-state index is 13.0. The molecule has 1 aliphatic heterocycles. The molecule has 3 aromatic rings. The molecule has 2 heterocycles. The molecule has 0 N–H and O–H groups in total. The second kappa shape index (κ2) is 8.15. The second-order valence-electron chi connectivity index (χ2n) is 7.24. The van der Waals surface area contributed by atoms with Gasteiger partial charge in [-0.15, -0.1) is 0 Å². The Morgan fingerprint density at radius 1 is 1.14 bits per heavy atom. The Balaban J connectivity index is 1.36. The Morgan fingerprint density at radius 2 is 1.86 bits per heavy atom. The average Bonchev–Trinajstić information content (AvgIpc) is 2.98. The zero-order valence-corrected chi connectivity index (χ0v) is 16.8. The largest absolute Gasteiger partial charge is 0.308 e. The number of ketones is 1. The summed E-state index contributed by atoms with van der Waals surface area (Å²) in [6.07, 6.45) is 1.88. The van der Waals surface area contributed by atoms with Crippen LogP contribution in [-0.2, 0) is 6.54 Å². The Morgan fingerprint density at radius 3 is 2.57 bits per heavy atom. The molecule has 1 aromatic heterocycles. The van der Waals surface area contributed by atoms with Crippen LogP contribution in [0.2, 0.25) is 5.02 Å². The second-order valence-corrected chi connectivity index (χ2v) is 8.67. The van der Waals surface area contributed by atoms with E-state index in [1.54, 1.807) is 0 Å². The van der Waals surface area contributed by atoms with Gasteiger partial charge in [0.05, 0.1) is 16.8 Å². The first-order valence-corrected chi connectivity index (χ1v) is 10.5. The first-order chi connectivity index (χ1) is 13.5. The van der Waals surface area contributed by atoms with Crippen molar-refractivity contribution in [3.05, 3.63) is 68.5 Å². The third kappa shape index (κ3) is 4.19. The van der Waals surface area contributed by atoms with Gasteiger partial charge in [-0.1, -0.05) is 22.9 Å². The third-order valence-corrected chi connectivity index (χ3v) is 6.49. The first kappa shape index (κ1) is 19.3. The summed E-state index contributed by atoms with van der Waals surface area (Å²) >= 11 is 7.26. The van der Waals surface area contributed by atoms with Gasteiger partial charge in [-0.2, -0.15) is 0 Å². The van der Waals surface area contributed by atoms with E-state index in [1.165, 1.54) is 35.6 Å². The molecule has 7 heteroatoms. The van der Waals surface area contributed by atoms with E-state index in [9.17, 15) is 14.0 Å². The van der Waals surface area contributed by atoms with Gasteiger partial charge in [0.1, 0.15) is 5.82 Å². The maximum atomic E-state index is 13.0. The molecule has 0 atom stereocenters. The minimum absolute atomic E-state index is 0.00961. The number of carbonyl (C=O) groups is 1. The van der Waals surface area contributed by atoms with E-state index in [0.29, 0.717) is 29.6 Å². The van der Waals surface area contributed by atoms with Crippen molar-refractivity contribution in [1.82, 2.24) is 9.47 Å². The van der Waals surface area contributed by atoms with E-state index < -0.39 is 0 Å². The fraction of sp³-hybridized carbons (Fsp3) is 0.333. The van der Waals surface area contributed by atoms with Gasteiger partial charge in [0.15, 0.2) is 5.78 Å². The van der Waals surface area contributed by atoms with Crippen LogP contribution in [0.15, 0.2) is 47.3 Å². The van der Waals surface area contributed by atoms with Gasteiger partial charge in [-0.05, 0) is 74.3 Å². The molecule has 146 valence electrons. The van der Waals surface area contributed by atoms with Crippen LogP contribution in [0.25, 0.3) is 10.2 Å². The van der Waals surface area contributed by atoms with Crippen molar-refractivity contribution in [2.45, 2.75) is 19.4 Å². The SMILES string of the molecule is O=C(CN1CCC(Cn2c(=O)sc3cc(Cl)ccc32)CC1)c1ccc(F)cc1. The molecule has 0 bridgehead atoms. The van der Waals surface area contributed by atoms with Crippen molar-refractivity contribution in [3.8, 4) is 0 Å². The highest BCUT2D eigenvalue weighted by atomic mass is 35.5. The summed E-state index contributed by atoms with van der Waals surface area (Å²) in [4.78, 5) is 26.9. The number of likely N-dealkylation sites (tertiary alicyclic amines) is 1. The monoisotopic (exact) mass is 418 g/mol. The molecule has 4 nitrogen and oxygen atoms in total. The zero-order chi connectivity index (χ0) is 19.7. The smallest absolute Gasteiger partial charge is 0.298 e. The number of benzene rings is 2. The molecule has 1 fully saturated rings. The summed E-state index contributed by atoms with van der Waals surface area (Å²) in [5.74, 6) is 0.0783. The van der Waals surface area contributed by atoms with E-state index >= 15 is 0 Å². The van der Waals surface area contributed by atoms with Crippen molar-refractivity contribution >= 4 is 38.9 Å². The highest BCUT2D eigenvalue weighted by Gasteiger charge is 2.23. The van der Waals surface area contributed by atoms with Gasteiger partial charge in [-0.25, -0.2) is 4.39 Å². The lowest BCUT2D eigenvalue weighted by atomic mass is 9.96. The summed E-state index contributed by atoms with van der Waals surface area (Å²) in [6, 6.07) is 11.3. The van der Waals surface area contributed by atoms with Crippen LogP contribution in [-0.4, -0.2) is 34.9 Å². The summed E-state index contributed by atoms with van der Waals surface area (Å²) in [5, 5.41) is 0.639. The lowest BCUT2D eigenvalue weighted by Gasteiger charge is -2.31. The molecule has 0 amide bonds. The number of hydrogen-bond acceptors (Lipinski definition) is 4. The molecular formula is C21H20ClFN2O2S. The molecule has 0 unspecified atom stereocenters. The molecule has 1 saturated heterocycles. The first-order valence-electron chi connectivity index (χ1n) is 9.29. The minimum Gasteiger partial charge on any atom is -0.298 e. The zero-order valence-electron chi connectivity index (χ0n) is 15.2. The lowest BCUT2D eigenvalue weighted by molar-refractivity contribution is 0.0890. The molecule has 4 rings (SSSR count). The third-order valence-electron chi connectivity index (χ3n) is 5.31. The van der Waals surface area contributed by atoms with Gasteiger partial charge < -0.3 is 0 Å². The molecule has 2 aromatic carbocycles. The highest BCUT2D eigenvalue weighted by Crippen LogP contribution is 2.25. The standard InChI is InChI=1S/C21H20ClFN2O2S/c22-16-3-6-18-20(11-16)28-21(27)25(18)12-14-7-9-24(10-8-14)13-19(26)15-1-4-17(23)5-2-15/h1-6,11,14H,7-10,12-13H2. The number of thiazole rings is 1. The molecule has 0 aliphatic carbocycles. The molecule has 0 spiro atoms. The quantitative estimate of drug-likeness (QED) is 0.575. The number of Topliss-reactive ketones (excluding diaryl/α,β-unsaturated/α-hetero) is 1. The Labute approximate surface area is 171 Å². The highest BCUT2D eigenvalue weighted by molar-refractivity contribution is 7.16. The average molecular weight is 419 g/mol. The van der Waals surface area contributed by atoms with Crippen molar-refractivity contribution in [3.63, 3.8) is 0 Å². The number of fused-ring (bicyclic) bond motifs is 1. The van der Waals surface area contributed by atoms with Gasteiger partial charge in [0.2, 0.25) is 0 Å². The maximum Gasteiger partial charge on any atom is 0.308 e. The van der Waals surface area contributed by atoms with Crippen molar-refractivity contribution in [2.75, 3.05) is 19.6 Å². The van der Waals surface area contributed by atoms with Crippen LogP contribution in [0.1, 0.15) is 23.2 Å². The molecule has 1 aliphatic rings. The van der Waals surface area contributed by atoms with E-state index in [2.05, 4.69) is 4.90 Å². The number of aromatic nitrogens is 1. The van der Waals surface area contributed by atoms with E-state index in [-0.39, 0.29) is 16.5 Å². The Bertz CT molecular complexity index is 1050. The van der Waals surface area contributed by atoms with Crippen molar-refractivity contribution < 1.29 is 9.18 Å². The van der Waals surface area contributed by atoms with Crippen LogP contribution in [0, 0.1) is 11.7 Å². The topological polar surface area (TPSA) is 42.3 Å². The Kier molecular flexibility index (Phi) is 5.62. The summed E-state index contributed by atoms with van der Waals surface area (Å²) < 4.78 is 15.8. The number of piperidine rings is 1. The predicted molar refractivity (Wildman–Crippen MR) is 111 cm³/mol. The fourth-order valence-corrected chi connectivity index (χ4v) is 4.91.